The van der Waals surface area contributed by atoms with E-state index < -0.39 is 11.8 Å². The summed E-state index contributed by atoms with van der Waals surface area (Å²) < 4.78 is 26.0. The summed E-state index contributed by atoms with van der Waals surface area (Å²) >= 11 is 0. The van der Waals surface area contributed by atoms with Crippen LogP contribution in [0.25, 0.3) is 0 Å². The van der Waals surface area contributed by atoms with Gasteiger partial charge in [0.25, 0.3) is 5.91 Å². The lowest BCUT2D eigenvalue weighted by molar-refractivity contribution is -0.150. The van der Waals surface area contributed by atoms with Crippen LogP contribution in [-0.2, 0) is 4.79 Å². The zero-order valence-corrected chi connectivity index (χ0v) is 8.59. The number of halogens is 2. The van der Waals surface area contributed by atoms with Gasteiger partial charge in [-0.05, 0) is 25.7 Å². The Morgan fingerprint density at radius 2 is 1.87 bits per heavy atom. The maximum Gasteiger partial charge on any atom is 0.326 e. The van der Waals surface area contributed by atoms with Gasteiger partial charge in [-0.25, -0.2) is 0 Å². The molecule has 1 aliphatic carbocycles. The highest BCUT2D eigenvalue weighted by Crippen LogP contribution is 2.33. The molecule has 0 unspecified atom stereocenters. The second-order valence-electron chi connectivity index (χ2n) is 4.52. The fourth-order valence-corrected chi connectivity index (χ4v) is 2.44. The molecule has 1 aliphatic heterocycles. The third-order valence-corrected chi connectivity index (χ3v) is 3.42. The molecule has 0 aromatic carbocycles. The third-order valence-electron chi connectivity index (χ3n) is 3.42. The van der Waals surface area contributed by atoms with Crippen molar-refractivity contribution in [3.8, 4) is 0 Å². The third kappa shape index (κ3) is 1.97. The van der Waals surface area contributed by atoms with Gasteiger partial charge in [0.2, 0.25) is 0 Å². The number of nitrogens with zero attached hydrogens (tertiary/aromatic N) is 1. The second-order valence-corrected chi connectivity index (χ2v) is 4.52. The predicted octanol–water partition coefficient (Wildman–Crippen LogP) is 1.12. The van der Waals surface area contributed by atoms with E-state index in [1.54, 1.807) is 0 Å². The lowest BCUT2D eigenvalue weighted by atomic mass is 9.91. The molecule has 1 amide bonds. The molecule has 5 heteroatoms. The van der Waals surface area contributed by atoms with Gasteiger partial charge in [-0.15, -0.1) is 0 Å². The zero-order chi connectivity index (χ0) is 11.1. The van der Waals surface area contributed by atoms with E-state index in [4.69, 9.17) is 5.73 Å². The van der Waals surface area contributed by atoms with Gasteiger partial charge in [0.15, 0.2) is 0 Å². The monoisotopic (exact) mass is 218 g/mol. The highest BCUT2D eigenvalue weighted by molar-refractivity contribution is 5.85. The summed E-state index contributed by atoms with van der Waals surface area (Å²) in [6, 6.07) is 0.171. The summed E-state index contributed by atoms with van der Waals surface area (Å²) in [4.78, 5) is 12.7. The van der Waals surface area contributed by atoms with Crippen LogP contribution < -0.4 is 5.73 Å². The van der Waals surface area contributed by atoms with Gasteiger partial charge in [-0.3, -0.25) is 4.79 Å². The highest BCUT2D eigenvalue weighted by Gasteiger charge is 2.50. The highest BCUT2D eigenvalue weighted by atomic mass is 19.3. The van der Waals surface area contributed by atoms with E-state index >= 15 is 0 Å². The van der Waals surface area contributed by atoms with E-state index in [1.807, 2.05) is 0 Å². The first-order valence-corrected chi connectivity index (χ1v) is 5.45. The normalized spacial score (nSPS) is 35.9. The molecule has 2 rings (SSSR count). The lowest BCUT2D eigenvalue weighted by Gasteiger charge is -2.33. The Morgan fingerprint density at radius 1 is 1.27 bits per heavy atom. The van der Waals surface area contributed by atoms with Crippen LogP contribution in [0, 0.1) is 0 Å². The molecule has 3 nitrogen and oxygen atoms in total. The Bertz CT molecular complexity index is 262. The Balaban J connectivity index is 1.98. The minimum absolute atomic E-state index is 0.00863. The van der Waals surface area contributed by atoms with Gasteiger partial charge >= 0.3 is 5.92 Å². The van der Waals surface area contributed by atoms with E-state index in [1.165, 1.54) is 4.90 Å². The average molecular weight is 218 g/mol. The molecule has 0 radical (unpaired) electrons. The maximum atomic E-state index is 13.0. The summed E-state index contributed by atoms with van der Waals surface area (Å²) in [5.74, 6) is -4.11. The largest absolute Gasteiger partial charge is 0.334 e. The standard InChI is InChI=1S/C10H16F2N2O/c11-10(12)5-6-14(9(10)15)8-3-1-7(13)2-4-8/h7-8H,1-6,13H2/t7-,8-. The molecule has 15 heavy (non-hydrogen) atoms. The van der Waals surface area contributed by atoms with E-state index in [0.29, 0.717) is 0 Å². The minimum Gasteiger partial charge on any atom is -0.334 e. The van der Waals surface area contributed by atoms with Gasteiger partial charge in [-0.2, -0.15) is 8.78 Å². The van der Waals surface area contributed by atoms with Crippen molar-refractivity contribution in [1.82, 2.24) is 4.90 Å². The summed E-state index contributed by atoms with van der Waals surface area (Å²) in [6.45, 7) is 0.200. The first kappa shape index (κ1) is 10.8. The van der Waals surface area contributed by atoms with Crippen LogP contribution >= 0.6 is 0 Å². The fourth-order valence-electron chi connectivity index (χ4n) is 2.44. The molecule has 1 saturated heterocycles. The van der Waals surface area contributed by atoms with Crippen LogP contribution in [0.4, 0.5) is 8.78 Å². The van der Waals surface area contributed by atoms with Crippen molar-refractivity contribution < 1.29 is 13.6 Å². The average Bonchev–Trinajstić information content (AvgIpc) is 2.45. The number of nitrogens with two attached hydrogens (primary N) is 1. The second kappa shape index (κ2) is 3.70. The molecule has 0 aromatic rings. The van der Waals surface area contributed by atoms with Gasteiger partial charge in [-0.1, -0.05) is 0 Å². The number of alkyl halides is 2. The number of rotatable bonds is 1. The molecule has 1 saturated carbocycles. The Labute approximate surface area is 87.6 Å². The zero-order valence-electron chi connectivity index (χ0n) is 8.59. The summed E-state index contributed by atoms with van der Waals surface area (Å²) in [6.07, 6.45) is 2.88. The summed E-state index contributed by atoms with van der Waals surface area (Å²) in [5.41, 5.74) is 5.73. The van der Waals surface area contributed by atoms with Crippen molar-refractivity contribution in [3.63, 3.8) is 0 Å². The maximum absolute atomic E-state index is 13.0. The molecule has 1 heterocycles. The quantitative estimate of drug-likeness (QED) is 0.717. The number of amides is 1. The van der Waals surface area contributed by atoms with Gasteiger partial charge in [0.1, 0.15) is 0 Å². The minimum atomic E-state index is -3.13. The number of hydrogen-bond acceptors (Lipinski definition) is 2. The van der Waals surface area contributed by atoms with Crippen LogP contribution in [0.1, 0.15) is 32.1 Å². The van der Waals surface area contributed by atoms with Crippen molar-refractivity contribution in [3.05, 3.63) is 0 Å². The van der Waals surface area contributed by atoms with Crippen LogP contribution in [0.2, 0.25) is 0 Å². The molecule has 2 aliphatic rings. The Hall–Kier alpha value is -0.710. The molecule has 0 atom stereocenters. The van der Waals surface area contributed by atoms with Crippen molar-refractivity contribution >= 4 is 5.91 Å². The number of likely N-dealkylation sites (tertiary alicyclic amines) is 1. The van der Waals surface area contributed by atoms with Crippen molar-refractivity contribution in [2.24, 2.45) is 5.73 Å². The molecule has 2 fully saturated rings. The lowest BCUT2D eigenvalue weighted by Crippen LogP contribution is -2.44. The van der Waals surface area contributed by atoms with Crippen LogP contribution in [0.15, 0.2) is 0 Å². The fraction of sp³-hybridized carbons (Fsp3) is 0.900. The van der Waals surface area contributed by atoms with Crippen molar-refractivity contribution in [2.45, 2.75) is 50.1 Å². The summed E-state index contributed by atoms with van der Waals surface area (Å²) in [5, 5.41) is 0. The molecule has 86 valence electrons. The smallest absolute Gasteiger partial charge is 0.326 e. The van der Waals surface area contributed by atoms with Crippen LogP contribution in [-0.4, -0.2) is 35.4 Å². The molecule has 0 aromatic heterocycles. The molecule has 0 spiro atoms. The Kier molecular flexibility index (Phi) is 2.66. The van der Waals surface area contributed by atoms with Gasteiger partial charge < -0.3 is 10.6 Å². The first-order chi connectivity index (χ1) is 7.00. The van der Waals surface area contributed by atoms with E-state index in [-0.39, 0.29) is 25.0 Å². The number of carbonyl (C=O) groups excluding carboxylic acids is 1. The van der Waals surface area contributed by atoms with Gasteiger partial charge in [0, 0.05) is 25.0 Å². The molecular formula is C10H16F2N2O. The number of carbonyl (C=O) groups is 1. The Morgan fingerprint density at radius 3 is 2.33 bits per heavy atom. The summed E-state index contributed by atoms with van der Waals surface area (Å²) in [7, 11) is 0. The molecule has 2 N–H and O–H groups in total. The van der Waals surface area contributed by atoms with Crippen LogP contribution in [0.5, 0.6) is 0 Å². The topological polar surface area (TPSA) is 46.3 Å². The van der Waals surface area contributed by atoms with E-state index in [9.17, 15) is 13.6 Å². The van der Waals surface area contributed by atoms with E-state index in [2.05, 4.69) is 0 Å². The molecule has 0 bridgehead atoms. The van der Waals surface area contributed by atoms with E-state index in [0.717, 1.165) is 25.7 Å². The van der Waals surface area contributed by atoms with Gasteiger partial charge in [0.05, 0.1) is 0 Å². The van der Waals surface area contributed by atoms with Crippen molar-refractivity contribution in [2.75, 3.05) is 6.54 Å². The first-order valence-electron chi connectivity index (χ1n) is 5.45. The predicted molar refractivity (Wildman–Crippen MR) is 51.5 cm³/mol. The van der Waals surface area contributed by atoms with Crippen molar-refractivity contribution in [1.29, 1.82) is 0 Å². The number of hydrogen-bond donors (Lipinski definition) is 1. The SMILES string of the molecule is N[C@H]1CC[C@H](N2CCC(F)(F)C2=O)CC1. The molecular weight excluding hydrogens is 202 g/mol. The van der Waals surface area contributed by atoms with Crippen LogP contribution in [0.3, 0.4) is 0 Å².